The summed E-state index contributed by atoms with van der Waals surface area (Å²) in [5.74, 6) is 0. The van der Waals surface area contributed by atoms with Crippen molar-refractivity contribution in [3.05, 3.63) is 23.2 Å². The smallest absolute Gasteiger partial charge is 0.399 e. The molecule has 0 spiro atoms. The maximum absolute atomic E-state index is 12.7. The van der Waals surface area contributed by atoms with Crippen molar-refractivity contribution >= 4 is 23.0 Å². The number of anilines is 2. The number of halogens is 4. The van der Waals surface area contributed by atoms with Crippen molar-refractivity contribution < 1.29 is 13.2 Å². The van der Waals surface area contributed by atoms with Crippen LogP contribution in [0.2, 0.25) is 5.02 Å². The Labute approximate surface area is 95.6 Å². The predicted octanol–water partition coefficient (Wildman–Crippen LogP) is 3.43. The van der Waals surface area contributed by atoms with Crippen molar-refractivity contribution in [1.29, 1.82) is 0 Å². The molecule has 0 aromatic heterocycles. The molecule has 1 aliphatic carbocycles. The molecule has 88 valence electrons. The third-order valence-electron chi connectivity index (χ3n) is 2.66. The van der Waals surface area contributed by atoms with Crippen molar-refractivity contribution in [1.82, 2.24) is 0 Å². The standard InChI is InChI=1S/C10H10ClF3N2/c11-7-5-6(15)1-2-8(7)16-9(3-4-9)10(12,13)14/h1-2,5,16H,3-4,15H2. The molecule has 16 heavy (non-hydrogen) atoms. The Kier molecular flexibility index (Phi) is 2.45. The van der Waals surface area contributed by atoms with Gasteiger partial charge in [0.15, 0.2) is 0 Å². The summed E-state index contributed by atoms with van der Waals surface area (Å²) in [5, 5.41) is 2.66. The molecular formula is C10H10ClF3N2. The molecule has 1 aliphatic rings. The van der Waals surface area contributed by atoms with Crippen LogP contribution in [0.25, 0.3) is 0 Å². The van der Waals surface area contributed by atoms with Crippen molar-refractivity contribution in [2.24, 2.45) is 0 Å². The van der Waals surface area contributed by atoms with E-state index in [1.54, 1.807) is 0 Å². The lowest BCUT2D eigenvalue weighted by Crippen LogP contribution is -2.38. The molecule has 1 aromatic rings. The molecule has 1 aromatic carbocycles. The van der Waals surface area contributed by atoms with Crippen molar-refractivity contribution in [2.75, 3.05) is 11.1 Å². The van der Waals surface area contributed by atoms with E-state index in [0.29, 0.717) is 5.69 Å². The topological polar surface area (TPSA) is 38.0 Å². The van der Waals surface area contributed by atoms with E-state index in [2.05, 4.69) is 5.32 Å². The van der Waals surface area contributed by atoms with Gasteiger partial charge >= 0.3 is 6.18 Å². The number of rotatable bonds is 2. The highest BCUT2D eigenvalue weighted by molar-refractivity contribution is 6.33. The first-order valence-corrected chi connectivity index (χ1v) is 5.12. The van der Waals surface area contributed by atoms with Crippen LogP contribution in [-0.4, -0.2) is 11.7 Å². The van der Waals surface area contributed by atoms with Gasteiger partial charge in [0.2, 0.25) is 0 Å². The molecule has 2 rings (SSSR count). The zero-order valence-corrected chi connectivity index (χ0v) is 8.99. The van der Waals surface area contributed by atoms with Gasteiger partial charge in [-0.1, -0.05) is 11.6 Å². The van der Waals surface area contributed by atoms with Crippen LogP contribution in [0.15, 0.2) is 18.2 Å². The van der Waals surface area contributed by atoms with Crippen molar-refractivity contribution in [3.63, 3.8) is 0 Å². The second-order valence-corrected chi connectivity index (χ2v) is 4.35. The van der Waals surface area contributed by atoms with E-state index in [1.807, 2.05) is 0 Å². The lowest BCUT2D eigenvalue weighted by atomic mass is 10.2. The molecule has 6 heteroatoms. The average molecular weight is 251 g/mol. The highest BCUT2D eigenvalue weighted by Crippen LogP contribution is 2.51. The Balaban J connectivity index is 2.22. The third kappa shape index (κ3) is 1.91. The number of hydrogen-bond donors (Lipinski definition) is 2. The van der Waals surface area contributed by atoms with Crippen LogP contribution in [0, 0.1) is 0 Å². The number of nitrogens with two attached hydrogens (primary N) is 1. The molecule has 0 heterocycles. The van der Waals surface area contributed by atoms with E-state index >= 15 is 0 Å². The van der Waals surface area contributed by atoms with Gasteiger partial charge in [-0.25, -0.2) is 0 Å². The summed E-state index contributed by atoms with van der Waals surface area (Å²) in [5.41, 5.74) is 4.35. The molecule has 3 N–H and O–H groups in total. The third-order valence-corrected chi connectivity index (χ3v) is 2.97. The minimum Gasteiger partial charge on any atom is -0.399 e. The molecule has 0 bridgehead atoms. The van der Waals surface area contributed by atoms with Crippen LogP contribution in [0.4, 0.5) is 24.5 Å². The highest BCUT2D eigenvalue weighted by Gasteiger charge is 2.63. The van der Waals surface area contributed by atoms with E-state index in [9.17, 15) is 13.2 Å². The van der Waals surface area contributed by atoms with Gasteiger partial charge < -0.3 is 11.1 Å². The summed E-state index contributed by atoms with van der Waals surface area (Å²) in [6.45, 7) is 0. The zero-order valence-electron chi connectivity index (χ0n) is 8.24. The van der Waals surface area contributed by atoms with Gasteiger partial charge in [-0.2, -0.15) is 13.2 Å². The minimum atomic E-state index is -4.25. The second kappa shape index (κ2) is 3.45. The van der Waals surface area contributed by atoms with Crippen LogP contribution in [-0.2, 0) is 0 Å². The van der Waals surface area contributed by atoms with Crippen LogP contribution in [0.3, 0.4) is 0 Å². The molecule has 0 radical (unpaired) electrons. The van der Waals surface area contributed by atoms with Gasteiger partial charge in [-0.15, -0.1) is 0 Å². The van der Waals surface area contributed by atoms with E-state index in [0.717, 1.165) is 0 Å². The van der Waals surface area contributed by atoms with Gasteiger partial charge in [-0.3, -0.25) is 0 Å². The summed E-state index contributed by atoms with van der Waals surface area (Å²) in [4.78, 5) is 0. The zero-order chi connectivity index (χ0) is 12.0. The number of hydrogen-bond acceptors (Lipinski definition) is 2. The Morgan fingerprint density at radius 3 is 2.38 bits per heavy atom. The fourth-order valence-electron chi connectivity index (χ4n) is 1.49. The molecule has 0 unspecified atom stereocenters. The van der Waals surface area contributed by atoms with Gasteiger partial charge in [0.1, 0.15) is 5.54 Å². The van der Waals surface area contributed by atoms with Crippen LogP contribution >= 0.6 is 11.6 Å². The SMILES string of the molecule is Nc1ccc(NC2(C(F)(F)F)CC2)c(Cl)c1. The van der Waals surface area contributed by atoms with E-state index in [1.165, 1.54) is 18.2 Å². The Morgan fingerprint density at radius 1 is 1.31 bits per heavy atom. The molecule has 1 fully saturated rings. The normalized spacial score (nSPS) is 18.2. The highest BCUT2D eigenvalue weighted by atomic mass is 35.5. The van der Waals surface area contributed by atoms with Gasteiger partial charge in [0, 0.05) is 5.69 Å². The Hall–Kier alpha value is -1.10. The molecule has 1 saturated carbocycles. The largest absolute Gasteiger partial charge is 0.411 e. The van der Waals surface area contributed by atoms with Crippen molar-refractivity contribution in [3.8, 4) is 0 Å². The molecule has 0 saturated heterocycles. The fraction of sp³-hybridized carbons (Fsp3) is 0.400. The number of nitrogen functional groups attached to an aromatic ring is 1. The number of benzene rings is 1. The van der Waals surface area contributed by atoms with Crippen molar-refractivity contribution in [2.45, 2.75) is 24.6 Å². The second-order valence-electron chi connectivity index (χ2n) is 3.94. The predicted molar refractivity (Wildman–Crippen MR) is 57.5 cm³/mol. The molecular weight excluding hydrogens is 241 g/mol. The quantitative estimate of drug-likeness (QED) is 0.789. The van der Waals surface area contributed by atoms with Gasteiger partial charge in [0.05, 0.1) is 10.7 Å². The summed E-state index contributed by atoms with van der Waals surface area (Å²) in [6, 6.07) is 4.40. The van der Waals surface area contributed by atoms with Crippen LogP contribution in [0.5, 0.6) is 0 Å². The summed E-state index contributed by atoms with van der Waals surface area (Å²) in [7, 11) is 0. The van der Waals surface area contributed by atoms with E-state index in [-0.39, 0.29) is 23.6 Å². The molecule has 0 atom stereocenters. The average Bonchev–Trinajstić information content (AvgIpc) is 2.90. The first-order valence-electron chi connectivity index (χ1n) is 4.74. The Morgan fingerprint density at radius 2 is 1.94 bits per heavy atom. The first-order chi connectivity index (χ1) is 7.34. The lowest BCUT2D eigenvalue weighted by molar-refractivity contribution is -0.151. The summed E-state index contributed by atoms with van der Waals surface area (Å²) in [6.07, 6.45) is -4.09. The van der Waals surface area contributed by atoms with E-state index < -0.39 is 11.7 Å². The minimum absolute atomic E-state index is 0.0806. The lowest BCUT2D eigenvalue weighted by Gasteiger charge is -2.22. The van der Waals surface area contributed by atoms with E-state index in [4.69, 9.17) is 17.3 Å². The summed E-state index contributed by atoms with van der Waals surface area (Å²) >= 11 is 5.80. The molecule has 2 nitrogen and oxygen atoms in total. The maximum atomic E-state index is 12.7. The molecule has 0 amide bonds. The van der Waals surface area contributed by atoms with Gasteiger partial charge in [-0.05, 0) is 31.0 Å². The maximum Gasteiger partial charge on any atom is 0.411 e. The fourth-order valence-corrected chi connectivity index (χ4v) is 1.73. The monoisotopic (exact) mass is 250 g/mol. The Bertz CT molecular complexity index is 413. The number of nitrogens with one attached hydrogen (secondary N) is 1. The van der Waals surface area contributed by atoms with Crippen LogP contribution in [0.1, 0.15) is 12.8 Å². The first kappa shape index (κ1) is 11.4. The van der Waals surface area contributed by atoms with Crippen LogP contribution < -0.4 is 11.1 Å². The molecule has 0 aliphatic heterocycles. The van der Waals surface area contributed by atoms with Gasteiger partial charge in [0.25, 0.3) is 0 Å². The number of alkyl halides is 3. The summed E-state index contributed by atoms with van der Waals surface area (Å²) < 4.78 is 38.0.